The third kappa shape index (κ3) is 3.05. The molecular weight excluding hydrogens is 382 g/mol. The number of ether oxygens (including phenoxy) is 1. The van der Waals surface area contributed by atoms with Gasteiger partial charge in [0.2, 0.25) is 0 Å². The van der Waals surface area contributed by atoms with Gasteiger partial charge in [-0.2, -0.15) is 5.10 Å². The lowest BCUT2D eigenvalue weighted by atomic mass is 9.95. The molecule has 1 aliphatic heterocycles. The smallest absolute Gasteiger partial charge is 0.410 e. The second-order valence-electron chi connectivity index (χ2n) is 8.26. The van der Waals surface area contributed by atoms with E-state index in [9.17, 15) is 4.79 Å². The number of fused-ring (bicyclic) bond motifs is 1. The second-order valence-corrected chi connectivity index (χ2v) is 9.01. The van der Waals surface area contributed by atoms with Crippen LogP contribution in [0, 0.1) is 0 Å². The van der Waals surface area contributed by atoms with Gasteiger partial charge in [0.1, 0.15) is 10.2 Å². The van der Waals surface area contributed by atoms with Crippen molar-refractivity contribution in [3.05, 3.63) is 28.9 Å². The van der Waals surface area contributed by atoms with E-state index < -0.39 is 5.60 Å². The van der Waals surface area contributed by atoms with Gasteiger partial charge in [-0.05, 0) is 68.5 Å². The molecule has 2 heterocycles. The highest BCUT2D eigenvalue weighted by molar-refractivity contribution is 9.10. The molecule has 1 spiro atoms. The van der Waals surface area contributed by atoms with Crippen molar-refractivity contribution < 1.29 is 9.53 Å². The summed E-state index contributed by atoms with van der Waals surface area (Å²) in [4.78, 5) is 14.6. The average Bonchev–Trinajstić information content (AvgIpc) is 3.21. The predicted molar refractivity (Wildman–Crippen MR) is 101 cm³/mol. The normalized spacial score (nSPS) is 22.4. The summed E-state index contributed by atoms with van der Waals surface area (Å²) in [5.41, 5.74) is 0.665. The highest BCUT2D eigenvalue weighted by Gasteiger charge is 2.54. The van der Waals surface area contributed by atoms with Crippen LogP contribution < -0.4 is 0 Å². The maximum atomic E-state index is 12.6. The van der Waals surface area contributed by atoms with Gasteiger partial charge in [-0.25, -0.2) is 4.79 Å². The number of aromatic nitrogens is 2. The van der Waals surface area contributed by atoms with E-state index in [4.69, 9.17) is 9.84 Å². The molecule has 2 fully saturated rings. The third-order valence-electron chi connectivity index (χ3n) is 5.23. The third-order valence-corrected chi connectivity index (χ3v) is 5.82. The minimum Gasteiger partial charge on any atom is -0.444 e. The first-order valence-corrected chi connectivity index (χ1v) is 9.72. The first-order valence-electron chi connectivity index (χ1n) is 8.92. The van der Waals surface area contributed by atoms with Crippen LogP contribution in [0.5, 0.6) is 0 Å². The molecule has 1 saturated heterocycles. The number of halogens is 1. The van der Waals surface area contributed by atoms with Crippen molar-refractivity contribution in [3.8, 4) is 0 Å². The monoisotopic (exact) mass is 405 g/mol. The Kier molecular flexibility index (Phi) is 3.87. The SMILES string of the molecule is CC(C)(C)OC(=O)N1CCC(n2nc(Br)c3ccccc32)CC12CC2. The maximum Gasteiger partial charge on any atom is 0.410 e. The van der Waals surface area contributed by atoms with Crippen molar-refractivity contribution in [1.82, 2.24) is 14.7 Å². The van der Waals surface area contributed by atoms with Gasteiger partial charge in [0.05, 0.1) is 11.6 Å². The topological polar surface area (TPSA) is 47.4 Å². The van der Waals surface area contributed by atoms with Crippen molar-refractivity contribution in [2.24, 2.45) is 0 Å². The number of piperidine rings is 1. The van der Waals surface area contributed by atoms with Crippen LogP contribution in [0.25, 0.3) is 10.9 Å². The van der Waals surface area contributed by atoms with Crippen LogP contribution in [0.1, 0.15) is 52.5 Å². The number of carbonyl (C=O) groups excluding carboxylic acids is 1. The Morgan fingerprint density at radius 3 is 2.72 bits per heavy atom. The summed E-state index contributed by atoms with van der Waals surface area (Å²) < 4.78 is 8.66. The number of likely N-dealkylation sites (tertiary alicyclic amines) is 1. The minimum absolute atomic E-state index is 0.0369. The van der Waals surface area contributed by atoms with E-state index in [1.165, 1.54) is 0 Å². The van der Waals surface area contributed by atoms with Crippen LogP contribution in [0.3, 0.4) is 0 Å². The zero-order valence-electron chi connectivity index (χ0n) is 15.0. The molecule has 0 N–H and O–H groups in total. The average molecular weight is 406 g/mol. The number of para-hydroxylation sites is 1. The van der Waals surface area contributed by atoms with Gasteiger partial charge < -0.3 is 9.64 Å². The number of amides is 1. The van der Waals surface area contributed by atoms with Crippen molar-refractivity contribution in [2.45, 2.75) is 63.6 Å². The molecule has 1 amide bonds. The molecule has 25 heavy (non-hydrogen) atoms. The summed E-state index contributed by atoms with van der Waals surface area (Å²) >= 11 is 3.58. The molecule has 1 aromatic carbocycles. The molecule has 1 saturated carbocycles. The Balaban J connectivity index is 1.58. The predicted octanol–water partition coefficient (Wildman–Crippen LogP) is 4.90. The summed E-state index contributed by atoms with van der Waals surface area (Å²) in [6.07, 6.45) is 3.80. The van der Waals surface area contributed by atoms with Crippen LogP contribution in [-0.4, -0.2) is 38.5 Å². The zero-order valence-corrected chi connectivity index (χ0v) is 16.5. The summed E-state index contributed by atoms with van der Waals surface area (Å²) in [6.45, 7) is 6.49. The van der Waals surface area contributed by atoms with Gasteiger partial charge in [-0.3, -0.25) is 4.68 Å². The molecule has 4 rings (SSSR count). The lowest BCUT2D eigenvalue weighted by Crippen LogP contribution is -2.50. The van der Waals surface area contributed by atoms with E-state index in [0.717, 1.165) is 47.7 Å². The van der Waals surface area contributed by atoms with E-state index in [1.54, 1.807) is 0 Å². The molecule has 1 aliphatic carbocycles. The van der Waals surface area contributed by atoms with Crippen LogP contribution >= 0.6 is 15.9 Å². The minimum atomic E-state index is -0.451. The number of carbonyl (C=O) groups is 1. The number of hydrogen-bond acceptors (Lipinski definition) is 3. The first-order chi connectivity index (χ1) is 11.8. The Bertz CT molecular complexity index is 820. The number of nitrogens with zero attached hydrogens (tertiary/aromatic N) is 3. The Labute approximate surface area is 156 Å². The highest BCUT2D eigenvalue weighted by atomic mass is 79.9. The second kappa shape index (κ2) is 5.73. The van der Waals surface area contributed by atoms with Gasteiger partial charge >= 0.3 is 6.09 Å². The van der Waals surface area contributed by atoms with Crippen LogP contribution in [0.4, 0.5) is 4.79 Å². The van der Waals surface area contributed by atoms with E-state index in [0.29, 0.717) is 6.04 Å². The van der Waals surface area contributed by atoms with E-state index in [2.05, 4.69) is 38.8 Å². The summed E-state index contributed by atoms with van der Waals surface area (Å²) in [7, 11) is 0. The molecule has 0 bridgehead atoms. The lowest BCUT2D eigenvalue weighted by Gasteiger charge is -2.40. The zero-order chi connectivity index (χ0) is 17.8. The Hall–Kier alpha value is -1.56. The van der Waals surface area contributed by atoms with Gasteiger partial charge in [0, 0.05) is 17.5 Å². The lowest BCUT2D eigenvalue weighted by molar-refractivity contribution is 0.000225. The van der Waals surface area contributed by atoms with Crippen LogP contribution in [-0.2, 0) is 4.74 Å². The van der Waals surface area contributed by atoms with Crippen molar-refractivity contribution in [2.75, 3.05) is 6.54 Å². The standard InChI is InChI=1S/C19H24BrN3O2/c1-18(2,3)25-17(24)22-11-8-13(12-19(22)9-10-19)23-15-7-5-4-6-14(15)16(20)21-23/h4-7,13H,8-12H2,1-3H3. The molecule has 2 aliphatic rings. The number of hydrogen-bond donors (Lipinski definition) is 0. The molecule has 2 aromatic rings. The molecule has 134 valence electrons. The molecule has 1 aromatic heterocycles. The molecule has 0 radical (unpaired) electrons. The fourth-order valence-corrected chi connectivity index (χ4v) is 4.43. The fraction of sp³-hybridized carbons (Fsp3) is 0.579. The van der Waals surface area contributed by atoms with Crippen LogP contribution in [0.15, 0.2) is 28.9 Å². The van der Waals surface area contributed by atoms with E-state index in [-0.39, 0.29) is 11.6 Å². The van der Waals surface area contributed by atoms with E-state index in [1.807, 2.05) is 31.7 Å². The molecule has 5 nitrogen and oxygen atoms in total. The first kappa shape index (κ1) is 16.9. The highest BCUT2D eigenvalue weighted by Crippen LogP contribution is 2.52. The largest absolute Gasteiger partial charge is 0.444 e. The summed E-state index contributed by atoms with van der Waals surface area (Å²) in [5.74, 6) is 0. The Morgan fingerprint density at radius 1 is 1.32 bits per heavy atom. The van der Waals surface area contributed by atoms with Gasteiger partial charge in [0.25, 0.3) is 0 Å². The molecule has 1 atom stereocenters. The number of rotatable bonds is 1. The summed E-state index contributed by atoms with van der Waals surface area (Å²) in [6, 6.07) is 8.61. The van der Waals surface area contributed by atoms with Crippen molar-refractivity contribution in [1.29, 1.82) is 0 Å². The van der Waals surface area contributed by atoms with Gasteiger partial charge in [0.15, 0.2) is 0 Å². The fourth-order valence-electron chi connectivity index (χ4n) is 3.92. The van der Waals surface area contributed by atoms with Gasteiger partial charge in [-0.15, -0.1) is 0 Å². The quantitative estimate of drug-likeness (QED) is 0.677. The maximum absolute atomic E-state index is 12.6. The van der Waals surface area contributed by atoms with Crippen LogP contribution in [0.2, 0.25) is 0 Å². The molecular formula is C19H24BrN3O2. The van der Waals surface area contributed by atoms with Crippen molar-refractivity contribution in [3.63, 3.8) is 0 Å². The number of benzene rings is 1. The summed E-state index contributed by atoms with van der Waals surface area (Å²) in [5, 5.41) is 5.88. The molecule has 1 unspecified atom stereocenters. The van der Waals surface area contributed by atoms with Gasteiger partial charge in [-0.1, -0.05) is 18.2 Å². The van der Waals surface area contributed by atoms with E-state index >= 15 is 0 Å². The van der Waals surface area contributed by atoms with Crippen molar-refractivity contribution >= 4 is 32.9 Å². The molecule has 6 heteroatoms. The Morgan fingerprint density at radius 2 is 2.04 bits per heavy atom.